The zero-order valence-electron chi connectivity index (χ0n) is 11.0. The van der Waals surface area contributed by atoms with Crippen molar-refractivity contribution in [3.63, 3.8) is 0 Å². The first-order chi connectivity index (χ1) is 7.94. The molecule has 3 heteroatoms. The fourth-order valence-electron chi connectivity index (χ4n) is 3.17. The molecule has 0 aromatic rings. The minimum absolute atomic E-state index is 0.0256. The highest BCUT2D eigenvalue weighted by atomic mass is 16.5. The van der Waals surface area contributed by atoms with E-state index in [1.54, 1.807) is 0 Å². The van der Waals surface area contributed by atoms with Crippen LogP contribution in [0, 0.1) is 17.3 Å². The van der Waals surface area contributed by atoms with Crippen molar-refractivity contribution in [1.82, 2.24) is 0 Å². The molecule has 0 N–H and O–H groups in total. The molecule has 0 amide bonds. The van der Waals surface area contributed by atoms with Gasteiger partial charge in [-0.05, 0) is 24.2 Å². The van der Waals surface area contributed by atoms with Crippen LogP contribution in [0.1, 0.15) is 33.1 Å². The van der Waals surface area contributed by atoms with Gasteiger partial charge in [-0.15, -0.1) is 0 Å². The number of hydrogen-bond acceptors (Lipinski definition) is 3. The van der Waals surface area contributed by atoms with E-state index in [0.29, 0.717) is 18.3 Å². The van der Waals surface area contributed by atoms with E-state index in [1.165, 1.54) is 12.7 Å². The van der Waals surface area contributed by atoms with E-state index >= 15 is 0 Å². The normalized spacial score (nSPS) is 35.5. The van der Waals surface area contributed by atoms with Crippen molar-refractivity contribution in [2.75, 3.05) is 13.7 Å². The summed E-state index contributed by atoms with van der Waals surface area (Å²) >= 11 is 0. The first-order valence-corrected chi connectivity index (χ1v) is 6.30. The van der Waals surface area contributed by atoms with Crippen LogP contribution in [0.5, 0.6) is 0 Å². The molecule has 1 saturated carbocycles. The Balaban J connectivity index is 2.07. The van der Waals surface area contributed by atoms with E-state index in [4.69, 9.17) is 9.47 Å². The quantitative estimate of drug-likeness (QED) is 0.548. The van der Waals surface area contributed by atoms with Gasteiger partial charge in [-0.1, -0.05) is 26.0 Å². The summed E-state index contributed by atoms with van der Waals surface area (Å²) in [6.45, 7) is 9.51. The van der Waals surface area contributed by atoms with Gasteiger partial charge in [-0.3, -0.25) is 4.79 Å². The number of carbonyl (C=O) groups is 1. The first kappa shape index (κ1) is 12.6. The summed E-state index contributed by atoms with van der Waals surface area (Å²) in [6.07, 6.45) is 2.48. The number of methoxy groups -OCH3 is 1. The van der Waals surface area contributed by atoms with Gasteiger partial charge in [0.25, 0.3) is 0 Å². The predicted octanol–water partition coefficient (Wildman–Crippen LogP) is 2.56. The Labute approximate surface area is 103 Å². The van der Waals surface area contributed by atoms with Crippen LogP contribution in [0.3, 0.4) is 0 Å². The van der Waals surface area contributed by atoms with Gasteiger partial charge >= 0.3 is 5.97 Å². The van der Waals surface area contributed by atoms with Crippen molar-refractivity contribution in [2.24, 2.45) is 17.3 Å². The summed E-state index contributed by atoms with van der Waals surface area (Å²) in [5.41, 5.74) is 1.52. The third-order valence-corrected chi connectivity index (χ3v) is 4.41. The van der Waals surface area contributed by atoms with Gasteiger partial charge in [0, 0.05) is 5.92 Å². The van der Waals surface area contributed by atoms with Crippen LogP contribution >= 0.6 is 0 Å². The zero-order valence-corrected chi connectivity index (χ0v) is 11.0. The summed E-state index contributed by atoms with van der Waals surface area (Å²) in [7, 11) is 1.42. The first-order valence-electron chi connectivity index (χ1n) is 6.30. The fourth-order valence-corrected chi connectivity index (χ4v) is 3.17. The van der Waals surface area contributed by atoms with Crippen LogP contribution in [0.15, 0.2) is 12.2 Å². The molecular weight excluding hydrogens is 216 g/mol. The van der Waals surface area contributed by atoms with E-state index in [2.05, 4.69) is 20.4 Å². The Hall–Kier alpha value is -0.830. The maximum atomic E-state index is 11.3. The van der Waals surface area contributed by atoms with Crippen molar-refractivity contribution >= 4 is 5.97 Å². The zero-order chi connectivity index (χ0) is 12.6. The Morgan fingerprint density at radius 1 is 1.59 bits per heavy atom. The lowest BCUT2D eigenvalue weighted by molar-refractivity contribution is -0.150. The molecule has 96 valence electrons. The van der Waals surface area contributed by atoms with Crippen LogP contribution in [0.4, 0.5) is 0 Å². The average molecular weight is 238 g/mol. The maximum absolute atomic E-state index is 11.3. The molecule has 17 heavy (non-hydrogen) atoms. The van der Waals surface area contributed by atoms with Crippen molar-refractivity contribution in [1.29, 1.82) is 0 Å². The van der Waals surface area contributed by atoms with Crippen LogP contribution in [0.2, 0.25) is 0 Å². The Morgan fingerprint density at radius 2 is 2.29 bits per heavy atom. The molecule has 2 fully saturated rings. The molecule has 2 bridgehead atoms. The van der Waals surface area contributed by atoms with Gasteiger partial charge in [0.05, 0.1) is 26.2 Å². The van der Waals surface area contributed by atoms with Crippen LogP contribution < -0.4 is 0 Å². The summed E-state index contributed by atoms with van der Waals surface area (Å²) < 4.78 is 10.6. The number of rotatable bonds is 2. The second kappa shape index (κ2) is 4.45. The summed E-state index contributed by atoms with van der Waals surface area (Å²) in [6, 6.07) is 0. The van der Waals surface area contributed by atoms with Gasteiger partial charge in [0.15, 0.2) is 0 Å². The van der Waals surface area contributed by atoms with E-state index in [1.807, 2.05) is 0 Å². The van der Waals surface area contributed by atoms with Crippen LogP contribution in [0.25, 0.3) is 0 Å². The molecule has 3 nitrogen and oxygen atoms in total. The molecule has 0 spiro atoms. The molecule has 1 heterocycles. The third kappa shape index (κ3) is 2.39. The molecule has 0 aromatic heterocycles. The number of hydrogen-bond donors (Lipinski definition) is 0. The maximum Gasteiger partial charge on any atom is 0.308 e. The highest BCUT2D eigenvalue weighted by Crippen LogP contribution is 2.50. The highest BCUT2D eigenvalue weighted by Gasteiger charge is 2.45. The molecule has 2 aliphatic rings. The topological polar surface area (TPSA) is 35.5 Å². The van der Waals surface area contributed by atoms with Crippen molar-refractivity contribution in [3.05, 3.63) is 12.2 Å². The smallest absolute Gasteiger partial charge is 0.308 e. The minimum atomic E-state index is -0.189. The molecule has 1 aliphatic carbocycles. The lowest BCUT2D eigenvalue weighted by Crippen LogP contribution is -2.46. The monoisotopic (exact) mass is 238 g/mol. The van der Waals surface area contributed by atoms with Gasteiger partial charge in [-0.2, -0.15) is 0 Å². The van der Waals surface area contributed by atoms with Gasteiger partial charge < -0.3 is 9.47 Å². The second-order valence-corrected chi connectivity index (χ2v) is 6.01. The van der Waals surface area contributed by atoms with Crippen LogP contribution in [-0.4, -0.2) is 25.8 Å². The molecular formula is C14H22O3. The van der Waals surface area contributed by atoms with Crippen LogP contribution in [-0.2, 0) is 14.3 Å². The van der Waals surface area contributed by atoms with E-state index in [9.17, 15) is 4.79 Å². The molecule has 1 aliphatic heterocycles. The lowest BCUT2D eigenvalue weighted by Gasteiger charge is -2.49. The van der Waals surface area contributed by atoms with E-state index in [-0.39, 0.29) is 17.5 Å². The molecule has 0 radical (unpaired) electrons. The van der Waals surface area contributed by atoms with Crippen molar-refractivity contribution in [3.8, 4) is 0 Å². The molecule has 2 rings (SSSR count). The second-order valence-electron chi connectivity index (χ2n) is 6.01. The van der Waals surface area contributed by atoms with Gasteiger partial charge in [0.1, 0.15) is 0 Å². The summed E-state index contributed by atoms with van der Waals surface area (Å²) in [5, 5.41) is 0. The number of esters is 1. The summed E-state index contributed by atoms with van der Waals surface area (Å²) in [5.74, 6) is 0.735. The summed E-state index contributed by atoms with van der Waals surface area (Å²) in [4.78, 5) is 11.3. The highest BCUT2D eigenvalue weighted by molar-refractivity contribution is 5.69. The van der Waals surface area contributed by atoms with Crippen molar-refractivity contribution < 1.29 is 14.3 Å². The molecule has 1 saturated heterocycles. The lowest BCUT2D eigenvalue weighted by atomic mass is 9.61. The van der Waals surface area contributed by atoms with Gasteiger partial charge in [0.2, 0.25) is 0 Å². The third-order valence-electron chi connectivity index (χ3n) is 4.41. The van der Waals surface area contributed by atoms with Crippen molar-refractivity contribution in [2.45, 2.75) is 39.2 Å². The van der Waals surface area contributed by atoms with Gasteiger partial charge in [-0.25, -0.2) is 0 Å². The number of ether oxygens (including phenoxy) is 2. The Morgan fingerprint density at radius 3 is 2.94 bits per heavy atom. The Kier molecular flexibility index (Phi) is 3.30. The molecule has 3 atom stereocenters. The number of carbonyl (C=O) groups excluding carboxylic acids is 1. The standard InChI is InChI=1S/C14H22O3/c1-9-7-14(2,3)10-5-11(9)12(17-8-10)6-13(15)16-4/h10-12H,1,5-8H2,2-4H3/t10-,11-,12-/m0/s1. The van der Waals surface area contributed by atoms with E-state index < -0.39 is 0 Å². The minimum Gasteiger partial charge on any atom is -0.469 e. The molecule has 0 aromatic carbocycles. The molecule has 0 unspecified atom stereocenters. The number of fused-ring (bicyclic) bond motifs is 2. The average Bonchev–Trinajstić information content (AvgIpc) is 2.27. The predicted molar refractivity (Wildman–Crippen MR) is 65.5 cm³/mol. The Bertz CT molecular complexity index is 332. The fraction of sp³-hybridized carbons (Fsp3) is 0.786. The SMILES string of the molecule is C=C1CC(C)(C)[C@@H]2CO[C@@H](CC(=O)OC)[C@H]1C2. The largest absolute Gasteiger partial charge is 0.469 e. The van der Waals surface area contributed by atoms with E-state index in [0.717, 1.165) is 19.4 Å².